The van der Waals surface area contributed by atoms with E-state index < -0.39 is 23.5 Å². The maximum Gasteiger partial charge on any atom is 0.426 e. The summed E-state index contributed by atoms with van der Waals surface area (Å²) < 4.78 is 4.99. The van der Waals surface area contributed by atoms with E-state index in [-0.39, 0.29) is 0 Å². The molecule has 7 heteroatoms. The Labute approximate surface area is 128 Å². The largest absolute Gasteiger partial charge is 0.443 e. The van der Waals surface area contributed by atoms with Gasteiger partial charge in [0.25, 0.3) is 5.91 Å². The lowest BCUT2D eigenvalue weighted by Gasteiger charge is -2.19. The maximum atomic E-state index is 11.9. The van der Waals surface area contributed by atoms with Crippen LogP contribution in [0.4, 0.5) is 4.79 Å². The minimum absolute atomic E-state index is 0.308. The standard InChI is InChI=1S/C15H19N3O4/c1-15(2,3)22-14(21)18-17-13(20)11-6-4-5-10(9-11)7-8-12(16)19/h4-9H,1-3H3,(H2,16,19)(H,17,20)(H,18,21). The Morgan fingerprint density at radius 1 is 1.18 bits per heavy atom. The van der Waals surface area contributed by atoms with Crippen LogP contribution in [-0.2, 0) is 9.53 Å². The van der Waals surface area contributed by atoms with Gasteiger partial charge in [-0.15, -0.1) is 0 Å². The van der Waals surface area contributed by atoms with Gasteiger partial charge in [-0.1, -0.05) is 12.1 Å². The second kappa shape index (κ2) is 7.26. The van der Waals surface area contributed by atoms with E-state index in [1.807, 2.05) is 0 Å². The SMILES string of the molecule is CC(C)(C)OC(=O)NNC(=O)c1cccc(C=CC(N)=O)c1. The number of nitrogens with one attached hydrogen (secondary N) is 2. The molecule has 118 valence electrons. The first-order valence-corrected chi connectivity index (χ1v) is 6.54. The van der Waals surface area contributed by atoms with E-state index in [0.717, 1.165) is 0 Å². The molecule has 0 radical (unpaired) electrons. The molecule has 0 aliphatic carbocycles. The molecule has 3 amide bonds. The molecule has 4 N–H and O–H groups in total. The van der Waals surface area contributed by atoms with Crippen LogP contribution in [0.2, 0.25) is 0 Å². The summed E-state index contributed by atoms with van der Waals surface area (Å²) in [6.07, 6.45) is 1.92. The number of nitrogens with two attached hydrogens (primary N) is 1. The Hall–Kier alpha value is -2.83. The summed E-state index contributed by atoms with van der Waals surface area (Å²) >= 11 is 0. The molecule has 0 atom stereocenters. The van der Waals surface area contributed by atoms with Gasteiger partial charge in [-0.25, -0.2) is 10.2 Å². The van der Waals surface area contributed by atoms with E-state index >= 15 is 0 Å². The molecule has 0 spiro atoms. The predicted octanol–water partition coefficient (Wildman–Crippen LogP) is 1.35. The summed E-state index contributed by atoms with van der Waals surface area (Å²) in [4.78, 5) is 34.0. The number of benzene rings is 1. The van der Waals surface area contributed by atoms with E-state index in [0.29, 0.717) is 11.1 Å². The number of hydrogen-bond donors (Lipinski definition) is 3. The Morgan fingerprint density at radius 2 is 1.86 bits per heavy atom. The highest BCUT2D eigenvalue weighted by Gasteiger charge is 2.16. The van der Waals surface area contributed by atoms with Crippen LogP contribution in [0.3, 0.4) is 0 Å². The molecular weight excluding hydrogens is 286 g/mol. The third-order valence-corrected chi connectivity index (χ3v) is 2.27. The Kier molecular flexibility index (Phi) is 5.68. The molecule has 0 saturated carbocycles. The summed E-state index contributed by atoms with van der Waals surface area (Å²) in [6, 6.07) is 6.46. The van der Waals surface area contributed by atoms with Crippen molar-refractivity contribution in [3.8, 4) is 0 Å². The van der Waals surface area contributed by atoms with Crippen molar-refractivity contribution in [1.82, 2.24) is 10.9 Å². The van der Waals surface area contributed by atoms with Crippen molar-refractivity contribution in [3.05, 3.63) is 41.5 Å². The molecular formula is C15H19N3O4. The van der Waals surface area contributed by atoms with Crippen LogP contribution in [0.15, 0.2) is 30.3 Å². The highest BCUT2D eigenvalue weighted by molar-refractivity contribution is 5.96. The zero-order valence-corrected chi connectivity index (χ0v) is 12.7. The molecule has 1 aromatic rings. The third kappa shape index (κ3) is 6.56. The van der Waals surface area contributed by atoms with E-state index in [1.165, 1.54) is 12.2 Å². The fourth-order valence-electron chi connectivity index (χ4n) is 1.45. The van der Waals surface area contributed by atoms with Crippen molar-refractivity contribution >= 4 is 24.0 Å². The second-order valence-corrected chi connectivity index (χ2v) is 5.44. The molecule has 1 aromatic carbocycles. The average molecular weight is 305 g/mol. The smallest absolute Gasteiger partial charge is 0.426 e. The van der Waals surface area contributed by atoms with Crippen molar-refractivity contribution in [2.45, 2.75) is 26.4 Å². The molecule has 0 bridgehead atoms. The van der Waals surface area contributed by atoms with Crippen molar-refractivity contribution in [2.24, 2.45) is 5.73 Å². The molecule has 0 aliphatic rings. The number of carbonyl (C=O) groups excluding carboxylic acids is 3. The van der Waals surface area contributed by atoms with Crippen LogP contribution in [0.5, 0.6) is 0 Å². The molecule has 0 aromatic heterocycles. The van der Waals surface area contributed by atoms with Gasteiger partial charge in [-0.3, -0.25) is 15.0 Å². The predicted molar refractivity (Wildman–Crippen MR) is 81.5 cm³/mol. The molecule has 1 rings (SSSR count). The lowest BCUT2D eigenvalue weighted by Crippen LogP contribution is -2.44. The van der Waals surface area contributed by atoms with E-state index in [4.69, 9.17) is 10.5 Å². The first kappa shape index (κ1) is 17.2. The van der Waals surface area contributed by atoms with Crippen LogP contribution in [0.1, 0.15) is 36.7 Å². The van der Waals surface area contributed by atoms with E-state index in [2.05, 4.69) is 10.9 Å². The Balaban J connectivity index is 2.64. The number of primary amides is 1. The minimum Gasteiger partial charge on any atom is -0.443 e. The topological polar surface area (TPSA) is 111 Å². The van der Waals surface area contributed by atoms with Gasteiger partial charge in [-0.05, 0) is 44.5 Å². The van der Waals surface area contributed by atoms with Crippen LogP contribution < -0.4 is 16.6 Å². The normalized spacial score (nSPS) is 11.0. The minimum atomic E-state index is -0.759. The van der Waals surface area contributed by atoms with Crippen molar-refractivity contribution < 1.29 is 19.1 Å². The maximum absolute atomic E-state index is 11.9. The van der Waals surface area contributed by atoms with E-state index in [1.54, 1.807) is 45.0 Å². The lowest BCUT2D eigenvalue weighted by molar-refractivity contribution is -0.113. The van der Waals surface area contributed by atoms with Crippen LogP contribution in [0.25, 0.3) is 6.08 Å². The van der Waals surface area contributed by atoms with Crippen molar-refractivity contribution in [2.75, 3.05) is 0 Å². The van der Waals surface area contributed by atoms with Gasteiger partial charge in [0, 0.05) is 11.6 Å². The van der Waals surface area contributed by atoms with Gasteiger partial charge in [0.15, 0.2) is 0 Å². The first-order chi connectivity index (χ1) is 10.2. The van der Waals surface area contributed by atoms with Crippen LogP contribution >= 0.6 is 0 Å². The molecule has 0 saturated heterocycles. The summed E-state index contributed by atoms with van der Waals surface area (Å²) in [5.41, 5.74) is 9.67. The number of ether oxygens (including phenoxy) is 1. The van der Waals surface area contributed by atoms with Crippen molar-refractivity contribution in [1.29, 1.82) is 0 Å². The third-order valence-electron chi connectivity index (χ3n) is 2.27. The lowest BCUT2D eigenvalue weighted by atomic mass is 10.1. The average Bonchev–Trinajstić information content (AvgIpc) is 2.41. The number of hydrazine groups is 1. The summed E-state index contributed by atoms with van der Waals surface area (Å²) in [5.74, 6) is -1.10. The fourth-order valence-corrected chi connectivity index (χ4v) is 1.45. The molecule has 0 unspecified atom stereocenters. The fraction of sp³-hybridized carbons (Fsp3) is 0.267. The van der Waals surface area contributed by atoms with Crippen LogP contribution in [-0.4, -0.2) is 23.5 Å². The van der Waals surface area contributed by atoms with Gasteiger partial charge in [0.05, 0.1) is 0 Å². The summed E-state index contributed by atoms with van der Waals surface area (Å²) in [6.45, 7) is 5.13. The molecule has 0 fully saturated rings. The number of amides is 3. The zero-order chi connectivity index (χ0) is 16.8. The highest BCUT2D eigenvalue weighted by Crippen LogP contribution is 2.08. The first-order valence-electron chi connectivity index (χ1n) is 6.54. The quantitative estimate of drug-likeness (QED) is 0.578. The van der Waals surface area contributed by atoms with Gasteiger partial charge in [-0.2, -0.15) is 0 Å². The zero-order valence-electron chi connectivity index (χ0n) is 12.7. The number of hydrogen-bond acceptors (Lipinski definition) is 4. The van der Waals surface area contributed by atoms with Gasteiger partial charge in [0.1, 0.15) is 5.60 Å². The van der Waals surface area contributed by atoms with Gasteiger partial charge in [0.2, 0.25) is 5.91 Å². The Bertz CT molecular complexity index is 603. The summed E-state index contributed by atoms with van der Waals surface area (Å²) in [5, 5.41) is 0. The molecule has 22 heavy (non-hydrogen) atoms. The number of carbonyl (C=O) groups is 3. The molecule has 0 aliphatic heterocycles. The van der Waals surface area contributed by atoms with Gasteiger partial charge >= 0.3 is 6.09 Å². The molecule has 7 nitrogen and oxygen atoms in total. The van der Waals surface area contributed by atoms with Gasteiger partial charge < -0.3 is 10.5 Å². The number of rotatable bonds is 3. The molecule has 0 heterocycles. The highest BCUT2D eigenvalue weighted by atomic mass is 16.6. The van der Waals surface area contributed by atoms with E-state index in [9.17, 15) is 14.4 Å². The van der Waals surface area contributed by atoms with Crippen molar-refractivity contribution in [3.63, 3.8) is 0 Å². The second-order valence-electron chi connectivity index (χ2n) is 5.44. The monoisotopic (exact) mass is 305 g/mol. The Morgan fingerprint density at radius 3 is 2.45 bits per heavy atom. The van der Waals surface area contributed by atoms with Crippen LogP contribution in [0, 0.1) is 0 Å². The summed E-state index contributed by atoms with van der Waals surface area (Å²) in [7, 11) is 0.